The number of hydrogen-bond acceptors (Lipinski definition) is 5. The molecule has 1 aromatic carbocycles. The van der Waals surface area contributed by atoms with Gasteiger partial charge in [0.1, 0.15) is 0 Å². The predicted octanol–water partition coefficient (Wildman–Crippen LogP) is 3.14. The number of amides is 1. The molecule has 1 aliphatic heterocycles. The van der Waals surface area contributed by atoms with Gasteiger partial charge in [0.25, 0.3) is 0 Å². The smallest absolute Gasteiger partial charge is 0.393 e. The van der Waals surface area contributed by atoms with Crippen molar-refractivity contribution in [2.75, 3.05) is 25.6 Å². The second-order valence-corrected chi connectivity index (χ2v) is 5.67. The number of carbonyl (C=O) groups excluding carboxylic acids is 1. The van der Waals surface area contributed by atoms with Gasteiger partial charge < -0.3 is 9.47 Å². The summed E-state index contributed by atoms with van der Waals surface area (Å²) in [6.45, 7) is 0.643. The molecule has 0 saturated carbocycles. The number of para-hydroxylation sites is 1. The van der Waals surface area contributed by atoms with Crippen LogP contribution in [0.4, 0.5) is 10.5 Å². The second-order valence-electron chi connectivity index (χ2n) is 5.67. The zero-order chi connectivity index (χ0) is 17.0. The van der Waals surface area contributed by atoms with E-state index in [1.807, 2.05) is 59.6 Å². The van der Waals surface area contributed by atoms with E-state index in [0.717, 1.165) is 5.69 Å². The molecule has 1 aliphatic carbocycles. The fourth-order valence-electron chi connectivity index (χ4n) is 2.75. The highest BCUT2D eigenvalue weighted by Gasteiger charge is 2.37. The van der Waals surface area contributed by atoms with Gasteiger partial charge in [-0.15, -0.1) is 5.10 Å². The van der Waals surface area contributed by atoms with Crippen molar-refractivity contribution in [3.63, 3.8) is 0 Å². The van der Waals surface area contributed by atoms with Crippen LogP contribution in [-0.4, -0.2) is 43.4 Å². The number of anilines is 1. The molecule has 0 aromatic heterocycles. The van der Waals surface area contributed by atoms with Gasteiger partial charge in [0, 0.05) is 39.2 Å². The Morgan fingerprint density at radius 2 is 2.08 bits per heavy atom. The first kappa shape index (κ1) is 16.3. The lowest BCUT2D eigenvalue weighted by molar-refractivity contribution is -0.0921. The van der Waals surface area contributed by atoms with Crippen molar-refractivity contribution in [1.82, 2.24) is 5.01 Å². The molecular weight excluding hydrogens is 306 g/mol. The highest BCUT2D eigenvalue weighted by molar-refractivity contribution is 5.96. The number of rotatable bonds is 3. The van der Waals surface area contributed by atoms with Crippen LogP contribution < -0.4 is 4.90 Å². The fraction of sp³-hybridized carbons (Fsp3) is 0.333. The summed E-state index contributed by atoms with van der Waals surface area (Å²) in [5.74, 6) is 0.405. The Bertz CT molecular complexity index is 684. The Morgan fingerprint density at radius 3 is 2.75 bits per heavy atom. The quantitative estimate of drug-likeness (QED) is 0.856. The first-order chi connectivity index (χ1) is 11.6. The van der Waals surface area contributed by atoms with E-state index in [2.05, 4.69) is 5.10 Å². The summed E-state index contributed by atoms with van der Waals surface area (Å²) in [6, 6.07) is 9.35. The van der Waals surface area contributed by atoms with Crippen molar-refractivity contribution >= 4 is 17.7 Å². The molecule has 1 amide bonds. The van der Waals surface area contributed by atoms with Crippen LogP contribution in [0.5, 0.6) is 0 Å². The molecule has 24 heavy (non-hydrogen) atoms. The molecule has 2 aliphatic rings. The van der Waals surface area contributed by atoms with Gasteiger partial charge in [0.15, 0.2) is 5.72 Å². The van der Waals surface area contributed by atoms with E-state index >= 15 is 0 Å². The molecule has 126 valence electrons. The summed E-state index contributed by atoms with van der Waals surface area (Å²) >= 11 is 0. The Labute approximate surface area is 141 Å². The normalized spacial score (nSPS) is 22.4. The van der Waals surface area contributed by atoms with Gasteiger partial charge in [-0.3, -0.25) is 9.91 Å². The number of allylic oxidation sites excluding steroid dienone is 2. The number of benzene rings is 1. The van der Waals surface area contributed by atoms with Crippen molar-refractivity contribution in [2.45, 2.75) is 18.6 Å². The van der Waals surface area contributed by atoms with E-state index in [-0.39, 0.29) is 0 Å². The lowest BCUT2D eigenvalue weighted by Gasteiger charge is -2.36. The lowest BCUT2D eigenvalue weighted by Crippen LogP contribution is -2.45. The number of hydrazone groups is 1. The SMILES string of the molecule is COC1(N2CCC(OC(=O)N(C)c3ccccc3)=N2)C=CC=CC1. The molecule has 0 bridgehead atoms. The Balaban J connectivity index is 1.67. The van der Waals surface area contributed by atoms with Gasteiger partial charge in [-0.05, 0) is 18.2 Å². The molecule has 1 aromatic rings. The third-order valence-electron chi connectivity index (χ3n) is 4.20. The number of methoxy groups -OCH3 is 1. The molecule has 1 unspecified atom stereocenters. The molecular formula is C18H21N3O3. The van der Waals surface area contributed by atoms with E-state index in [1.165, 1.54) is 4.90 Å². The monoisotopic (exact) mass is 327 g/mol. The topological polar surface area (TPSA) is 54.4 Å². The lowest BCUT2D eigenvalue weighted by atomic mass is 10.0. The van der Waals surface area contributed by atoms with Gasteiger partial charge in [0.2, 0.25) is 5.90 Å². The van der Waals surface area contributed by atoms with E-state index in [1.54, 1.807) is 14.2 Å². The summed E-state index contributed by atoms with van der Waals surface area (Å²) in [7, 11) is 3.34. The van der Waals surface area contributed by atoms with Crippen molar-refractivity contribution in [1.29, 1.82) is 0 Å². The van der Waals surface area contributed by atoms with Crippen LogP contribution in [0.3, 0.4) is 0 Å². The maximum Gasteiger partial charge on any atom is 0.420 e. The molecule has 0 fully saturated rings. The fourth-order valence-corrected chi connectivity index (χ4v) is 2.75. The van der Waals surface area contributed by atoms with Crippen LogP contribution in [-0.2, 0) is 9.47 Å². The Kier molecular flexibility index (Phi) is 4.66. The summed E-state index contributed by atoms with van der Waals surface area (Å²) in [6.07, 6.45) is 8.74. The average Bonchev–Trinajstić information content (AvgIpc) is 3.11. The van der Waals surface area contributed by atoms with Crippen molar-refractivity contribution < 1.29 is 14.3 Å². The maximum absolute atomic E-state index is 12.3. The number of ether oxygens (including phenoxy) is 2. The van der Waals surface area contributed by atoms with Gasteiger partial charge in [0.05, 0.1) is 0 Å². The van der Waals surface area contributed by atoms with Crippen LogP contribution >= 0.6 is 0 Å². The summed E-state index contributed by atoms with van der Waals surface area (Å²) < 4.78 is 11.1. The van der Waals surface area contributed by atoms with Crippen molar-refractivity contribution in [2.24, 2.45) is 5.10 Å². The molecule has 6 heteroatoms. The van der Waals surface area contributed by atoms with Gasteiger partial charge in [-0.25, -0.2) is 4.79 Å². The van der Waals surface area contributed by atoms with Crippen LogP contribution in [0, 0.1) is 0 Å². The minimum atomic E-state index is -0.603. The average molecular weight is 327 g/mol. The summed E-state index contributed by atoms with van der Waals surface area (Å²) in [5, 5.41) is 6.27. The molecule has 6 nitrogen and oxygen atoms in total. The van der Waals surface area contributed by atoms with Crippen LogP contribution in [0.1, 0.15) is 12.8 Å². The largest absolute Gasteiger partial charge is 0.420 e. The van der Waals surface area contributed by atoms with Gasteiger partial charge >= 0.3 is 6.09 Å². The molecule has 0 saturated heterocycles. The molecule has 0 spiro atoms. The van der Waals surface area contributed by atoms with E-state index in [0.29, 0.717) is 25.3 Å². The predicted molar refractivity (Wildman–Crippen MR) is 92.7 cm³/mol. The third-order valence-corrected chi connectivity index (χ3v) is 4.20. The van der Waals surface area contributed by atoms with Crippen LogP contribution in [0.2, 0.25) is 0 Å². The van der Waals surface area contributed by atoms with Crippen LogP contribution in [0.25, 0.3) is 0 Å². The minimum Gasteiger partial charge on any atom is -0.393 e. The Morgan fingerprint density at radius 1 is 1.29 bits per heavy atom. The van der Waals surface area contributed by atoms with Gasteiger partial charge in [-0.1, -0.05) is 36.4 Å². The molecule has 1 heterocycles. The van der Waals surface area contributed by atoms with Crippen molar-refractivity contribution in [3.8, 4) is 0 Å². The van der Waals surface area contributed by atoms with Crippen LogP contribution in [0.15, 0.2) is 59.7 Å². The first-order valence-electron chi connectivity index (χ1n) is 7.90. The molecule has 0 radical (unpaired) electrons. The zero-order valence-electron chi connectivity index (χ0n) is 13.9. The maximum atomic E-state index is 12.3. The van der Waals surface area contributed by atoms with E-state index in [9.17, 15) is 4.79 Å². The highest BCUT2D eigenvalue weighted by atomic mass is 16.6. The van der Waals surface area contributed by atoms with E-state index in [4.69, 9.17) is 9.47 Å². The summed E-state index contributed by atoms with van der Waals surface area (Å²) in [4.78, 5) is 13.7. The minimum absolute atomic E-state index is 0.405. The van der Waals surface area contributed by atoms with Gasteiger partial charge in [-0.2, -0.15) is 0 Å². The first-order valence-corrected chi connectivity index (χ1v) is 7.90. The number of carbonyl (C=O) groups is 1. The highest BCUT2D eigenvalue weighted by Crippen LogP contribution is 2.29. The standard InChI is InChI=1S/C18H21N3O3/c1-20(15-9-5-3-6-10-15)17(22)24-16-11-14-21(19-16)18(23-2)12-7-4-8-13-18/h3-10,12H,11,13-14H2,1-2H3. The number of nitrogens with zero attached hydrogens (tertiary/aromatic N) is 3. The molecule has 0 N–H and O–H groups in total. The second kappa shape index (κ2) is 6.88. The zero-order valence-corrected chi connectivity index (χ0v) is 13.9. The third kappa shape index (κ3) is 3.19. The molecule has 1 atom stereocenters. The number of hydrogen-bond donors (Lipinski definition) is 0. The van der Waals surface area contributed by atoms with E-state index < -0.39 is 11.8 Å². The van der Waals surface area contributed by atoms with Crippen molar-refractivity contribution in [3.05, 3.63) is 54.6 Å². The molecule has 3 rings (SSSR count). The summed E-state index contributed by atoms with van der Waals surface area (Å²) in [5.41, 5.74) is 0.167. The Hall–Kier alpha value is -2.60.